The van der Waals surface area contributed by atoms with Gasteiger partial charge >= 0.3 is 0 Å². The van der Waals surface area contributed by atoms with E-state index in [1.807, 2.05) is 31.2 Å². The number of rotatable bonds is 3. The number of pyridine rings is 1. The van der Waals surface area contributed by atoms with E-state index in [0.29, 0.717) is 12.2 Å². The van der Waals surface area contributed by atoms with Gasteiger partial charge in [-0.1, -0.05) is 6.07 Å². The van der Waals surface area contributed by atoms with Crippen molar-refractivity contribution in [2.45, 2.75) is 13.3 Å². The molecule has 1 N–H and O–H groups in total. The summed E-state index contributed by atoms with van der Waals surface area (Å²) in [5.74, 6) is 0.656. The molecule has 2 rings (SSSR count). The maximum absolute atomic E-state index is 8.88. The minimum Gasteiger partial charge on any atom is -0.396 e. The van der Waals surface area contributed by atoms with Gasteiger partial charge in [0.1, 0.15) is 5.82 Å². The molecule has 0 saturated heterocycles. The first-order valence-corrected chi connectivity index (χ1v) is 5.16. The number of aromatic nitrogens is 3. The summed E-state index contributed by atoms with van der Waals surface area (Å²) in [4.78, 5) is 12.8. The summed E-state index contributed by atoms with van der Waals surface area (Å²) in [6.45, 7) is 1.97. The molecule has 0 aliphatic heterocycles. The number of nitrogens with zero attached hydrogens (tertiary/aromatic N) is 3. The van der Waals surface area contributed by atoms with Crippen LogP contribution in [0.4, 0.5) is 0 Å². The van der Waals surface area contributed by atoms with Crippen molar-refractivity contribution in [1.29, 1.82) is 0 Å². The van der Waals surface area contributed by atoms with Crippen LogP contribution in [0.2, 0.25) is 0 Å². The average molecular weight is 215 g/mol. The Morgan fingerprint density at radius 2 is 2.06 bits per heavy atom. The highest BCUT2D eigenvalue weighted by molar-refractivity contribution is 5.53. The van der Waals surface area contributed by atoms with Crippen LogP contribution in [0, 0.1) is 6.92 Å². The maximum atomic E-state index is 8.88. The number of aryl methyl sites for hydroxylation is 1. The summed E-state index contributed by atoms with van der Waals surface area (Å²) in [7, 11) is 0. The zero-order chi connectivity index (χ0) is 11.4. The Balaban J connectivity index is 2.41. The van der Waals surface area contributed by atoms with Gasteiger partial charge in [-0.25, -0.2) is 9.97 Å². The van der Waals surface area contributed by atoms with Crippen molar-refractivity contribution in [1.82, 2.24) is 15.0 Å². The van der Waals surface area contributed by atoms with E-state index in [1.54, 1.807) is 6.20 Å². The molecule has 2 aromatic heterocycles. The van der Waals surface area contributed by atoms with Crippen molar-refractivity contribution in [2.75, 3.05) is 6.61 Å². The van der Waals surface area contributed by atoms with Crippen LogP contribution in [0.5, 0.6) is 0 Å². The molecule has 4 nitrogen and oxygen atoms in total. The van der Waals surface area contributed by atoms with Gasteiger partial charge in [-0.3, -0.25) is 4.98 Å². The molecule has 0 bridgehead atoms. The molecule has 16 heavy (non-hydrogen) atoms. The highest BCUT2D eigenvalue weighted by Crippen LogP contribution is 2.14. The summed E-state index contributed by atoms with van der Waals surface area (Å²) in [5.41, 5.74) is 2.52. The average Bonchev–Trinajstić information content (AvgIpc) is 2.30. The molecule has 0 spiro atoms. The lowest BCUT2D eigenvalue weighted by Crippen LogP contribution is -2.02. The SMILES string of the molecule is Cc1cc(-c2ccccn2)nc(CCO)n1. The van der Waals surface area contributed by atoms with Crippen LogP contribution in [0.25, 0.3) is 11.4 Å². The minimum absolute atomic E-state index is 0.0606. The second-order valence-electron chi connectivity index (χ2n) is 3.50. The molecule has 0 atom stereocenters. The van der Waals surface area contributed by atoms with E-state index < -0.39 is 0 Å². The van der Waals surface area contributed by atoms with E-state index in [9.17, 15) is 0 Å². The van der Waals surface area contributed by atoms with Gasteiger partial charge in [0.25, 0.3) is 0 Å². The zero-order valence-electron chi connectivity index (χ0n) is 9.09. The third-order valence-electron chi connectivity index (χ3n) is 2.16. The van der Waals surface area contributed by atoms with Crippen LogP contribution in [-0.4, -0.2) is 26.7 Å². The molecule has 2 aromatic rings. The molecule has 0 amide bonds. The zero-order valence-corrected chi connectivity index (χ0v) is 9.09. The summed E-state index contributed by atoms with van der Waals surface area (Å²) in [6, 6.07) is 7.59. The standard InChI is InChI=1S/C12H13N3O/c1-9-8-11(10-4-2-3-6-13-10)15-12(14-9)5-7-16/h2-4,6,8,16H,5,7H2,1H3. The van der Waals surface area contributed by atoms with Gasteiger partial charge in [0, 0.05) is 18.3 Å². The third-order valence-corrected chi connectivity index (χ3v) is 2.16. The molecule has 82 valence electrons. The van der Waals surface area contributed by atoms with Gasteiger partial charge in [0.05, 0.1) is 18.0 Å². The second-order valence-corrected chi connectivity index (χ2v) is 3.50. The van der Waals surface area contributed by atoms with Crippen LogP contribution >= 0.6 is 0 Å². The van der Waals surface area contributed by atoms with Crippen LogP contribution < -0.4 is 0 Å². The topological polar surface area (TPSA) is 58.9 Å². The summed E-state index contributed by atoms with van der Waals surface area (Å²) >= 11 is 0. The highest BCUT2D eigenvalue weighted by Gasteiger charge is 2.04. The molecule has 4 heteroatoms. The van der Waals surface area contributed by atoms with Gasteiger partial charge in [0.15, 0.2) is 0 Å². The van der Waals surface area contributed by atoms with Gasteiger partial charge < -0.3 is 5.11 Å². The molecule has 0 aliphatic carbocycles. The lowest BCUT2D eigenvalue weighted by Gasteiger charge is -2.04. The highest BCUT2D eigenvalue weighted by atomic mass is 16.3. The molecule has 0 aromatic carbocycles. The van der Waals surface area contributed by atoms with Crippen molar-refractivity contribution >= 4 is 0 Å². The molecule has 0 fully saturated rings. The van der Waals surface area contributed by atoms with E-state index in [2.05, 4.69) is 15.0 Å². The summed E-state index contributed by atoms with van der Waals surface area (Å²) < 4.78 is 0. The number of hydrogen-bond donors (Lipinski definition) is 1. The fourth-order valence-electron chi connectivity index (χ4n) is 1.49. The largest absolute Gasteiger partial charge is 0.396 e. The lowest BCUT2D eigenvalue weighted by atomic mass is 10.2. The van der Waals surface area contributed by atoms with Gasteiger partial charge in [-0.2, -0.15) is 0 Å². The number of hydrogen-bond acceptors (Lipinski definition) is 4. The van der Waals surface area contributed by atoms with Crippen molar-refractivity contribution < 1.29 is 5.11 Å². The molecule has 0 saturated carbocycles. The Bertz CT molecular complexity index is 471. The van der Waals surface area contributed by atoms with Crippen molar-refractivity contribution in [2.24, 2.45) is 0 Å². The van der Waals surface area contributed by atoms with Crippen LogP contribution in [0.1, 0.15) is 11.5 Å². The molecule has 0 radical (unpaired) electrons. The van der Waals surface area contributed by atoms with Crippen LogP contribution in [-0.2, 0) is 6.42 Å². The van der Waals surface area contributed by atoms with E-state index >= 15 is 0 Å². The lowest BCUT2D eigenvalue weighted by molar-refractivity contribution is 0.296. The molecular formula is C12H13N3O. The van der Waals surface area contributed by atoms with Crippen molar-refractivity contribution in [3.05, 3.63) is 42.0 Å². The van der Waals surface area contributed by atoms with Crippen LogP contribution in [0.3, 0.4) is 0 Å². The predicted octanol–water partition coefficient (Wildman–Crippen LogP) is 1.38. The maximum Gasteiger partial charge on any atom is 0.131 e. The second kappa shape index (κ2) is 4.81. The molecule has 0 unspecified atom stereocenters. The Morgan fingerprint density at radius 1 is 1.19 bits per heavy atom. The Labute approximate surface area is 94.0 Å². The third kappa shape index (κ3) is 2.41. The molecule has 2 heterocycles. The van der Waals surface area contributed by atoms with Crippen LogP contribution in [0.15, 0.2) is 30.5 Å². The first-order valence-electron chi connectivity index (χ1n) is 5.16. The van der Waals surface area contributed by atoms with E-state index in [1.165, 1.54) is 0 Å². The van der Waals surface area contributed by atoms with Crippen molar-refractivity contribution in [3.63, 3.8) is 0 Å². The predicted molar refractivity (Wildman–Crippen MR) is 60.8 cm³/mol. The number of aliphatic hydroxyl groups is 1. The fourth-order valence-corrected chi connectivity index (χ4v) is 1.49. The monoisotopic (exact) mass is 215 g/mol. The van der Waals surface area contributed by atoms with Gasteiger partial charge in [-0.15, -0.1) is 0 Å². The molecule has 0 aliphatic rings. The summed E-state index contributed by atoms with van der Waals surface area (Å²) in [5, 5.41) is 8.88. The van der Waals surface area contributed by atoms with Gasteiger partial charge in [-0.05, 0) is 25.1 Å². The summed E-state index contributed by atoms with van der Waals surface area (Å²) in [6.07, 6.45) is 2.21. The van der Waals surface area contributed by atoms with E-state index in [-0.39, 0.29) is 6.61 Å². The Hall–Kier alpha value is -1.81. The molecular weight excluding hydrogens is 202 g/mol. The quantitative estimate of drug-likeness (QED) is 0.840. The van der Waals surface area contributed by atoms with Gasteiger partial charge in [0.2, 0.25) is 0 Å². The van der Waals surface area contributed by atoms with Crippen molar-refractivity contribution in [3.8, 4) is 11.4 Å². The Morgan fingerprint density at radius 3 is 2.75 bits per heavy atom. The first-order chi connectivity index (χ1) is 7.79. The van der Waals surface area contributed by atoms with E-state index in [4.69, 9.17) is 5.11 Å². The number of aliphatic hydroxyl groups excluding tert-OH is 1. The fraction of sp³-hybridized carbons (Fsp3) is 0.250. The smallest absolute Gasteiger partial charge is 0.131 e. The normalized spacial score (nSPS) is 10.4. The first kappa shape index (κ1) is 10.7. The Kier molecular flexibility index (Phi) is 3.22. The minimum atomic E-state index is 0.0606. The van der Waals surface area contributed by atoms with E-state index in [0.717, 1.165) is 17.1 Å².